The maximum Gasteiger partial charge on any atom is 0.255 e. The summed E-state index contributed by atoms with van der Waals surface area (Å²) in [6.45, 7) is 5.91. The first kappa shape index (κ1) is 18.4. The highest BCUT2D eigenvalue weighted by Gasteiger charge is 2.30. The first-order valence-electron chi connectivity index (χ1n) is 8.27. The van der Waals surface area contributed by atoms with E-state index in [-0.39, 0.29) is 11.9 Å². The number of aryl methyl sites for hydroxylation is 2. The SMILES string of the molecule is CC1=C(C(=O)Nc2ccc(C)c(C)c2)C(c2cccc(Cl)c2)NC(=S)N1. The number of allylic oxidation sites excluding steroid dienone is 1. The van der Waals surface area contributed by atoms with Crippen LogP contribution in [0.1, 0.15) is 29.7 Å². The summed E-state index contributed by atoms with van der Waals surface area (Å²) in [5, 5.41) is 10.3. The van der Waals surface area contributed by atoms with E-state index in [1.165, 1.54) is 5.56 Å². The standard InChI is InChI=1S/C20H20ClN3OS/c1-11-7-8-16(9-12(11)2)23-19(25)17-13(3)22-20(26)24-18(17)14-5-4-6-15(21)10-14/h4-10,18H,1-3H3,(H,23,25)(H2,22,24,26). The Kier molecular flexibility index (Phi) is 5.30. The molecule has 0 radical (unpaired) electrons. The van der Waals surface area contributed by atoms with Gasteiger partial charge in [-0.1, -0.05) is 29.8 Å². The first-order valence-corrected chi connectivity index (χ1v) is 9.06. The molecule has 0 saturated carbocycles. The molecule has 26 heavy (non-hydrogen) atoms. The van der Waals surface area contributed by atoms with Gasteiger partial charge in [0.1, 0.15) is 0 Å². The van der Waals surface area contributed by atoms with Crippen molar-refractivity contribution < 1.29 is 4.79 Å². The van der Waals surface area contributed by atoms with Gasteiger partial charge in [-0.2, -0.15) is 0 Å². The van der Waals surface area contributed by atoms with Crippen LogP contribution in [-0.2, 0) is 4.79 Å². The molecule has 6 heteroatoms. The summed E-state index contributed by atoms with van der Waals surface area (Å²) in [4.78, 5) is 13.0. The van der Waals surface area contributed by atoms with E-state index in [1.54, 1.807) is 6.07 Å². The van der Waals surface area contributed by atoms with Crippen LogP contribution in [0.15, 0.2) is 53.7 Å². The second-order valence-corrected chi connectivity index (χ2v) is 7.22. The summed E-state index contributed by atoms with van der Waals surface area (Å²) in [5.41, 5.74) is 5.25. The lowest BCUT2D eigenvalue weighted by atomic mass is 9.95. The Morgan fingerprint density at radius 3 is 2.58 bits per heavy atom. The second-order valence-electron chi connectivity index (χ2n) is 6.38. The van der Waals surface area contributed by atoms with Crippen LogP contribution in [0, 0.1) is 13.8 Å². The van der Waals surface area contributed by atoms with Crippen molar-refractivity contribution in [3.63, 3.8) is 0 Å². The Labute approximate surface area is 163 Å². The van der Waals surface area contributed by atoms with E-state index >= 15 is 0 Å². The molecule has 134 valence electrons. The fraction of sp³-hybridized carbons (Fsp3) is 0.200. The average molecular weight is 386 g/mol. The number of hydrogen-bond acceptors (Lipinski definition) is 2. The van der Waals surface area contributed by atoms with E-state index in [2.05, 4.69) is 16.0 Å². The highest BCUT2D eigenvalue weighted by molar-refractivity contribution is 7.80. The molecule has 2 aromatic rings. The molecule has 3 rings (SSSR count). The van der Waals surface area contributed by atoms with Crippen molar-refractivity contribution in [2.75, 3.05) is 5.32 Å². The molecule has 0 aliphatic carbocycles. The molecule has 0 aromatic heterocycles. The predicted molar refractivity (Wildman–Crippen MR) is 110 cm³/mol. The molecule has 4 nitrogen and oxygen atoms in total. The number of carbonyl (C=O) groups excluding carboxylic acids is 1. The van der Waals surface area contributed by atoms with Crippen molar-refractivity contribution in [2.24, 2.45) is 0 Å². The second kappa shape index (κ2) is 7.48. The molecular weight excluding hydrogens is 366 g/mol. The van der Waals surface area contributed by atoms with Crippen molar-refractivity contribution in [2.45, 2.75) is 26.8 Å². The quantitative estimate of drug-likeness (QED) is 0.686. The predicted octanol–water partition coefficient (Wildman–Crippen LogP) is 4.39. The normalized spacial score (nSPS) is 16.8. The molecule has 1 aliphatic rings. The highest BCUT2D eigenvalue weighted by atomic mass is 35.5. The largest absolute Gasteiger partial charge is 0.351 e. The van der Waals surface area contributed by atoms with Crippen LogP contribution in [0.4, 0.5) is 5.69 Å². The summed E-state index contributed by atoms with van der Waals surface area (Å²) in [6.07, 6.45) is 0. The summed E-state index contributed by atoms with van der Waals surface area (Å²) < 4.78 is 0. The van der Waals surface area contributed by atoms with Gasteiger partial charge < -0.3 is 16.0 Å². The number of benzene rings is 2. The van der Waals surface area contributed by atoms with E-state index in [4.69, 9.17) is 23.8 Å². The maximum atomic E-state index is 13.0. The maximum absolute atomic E-state index is 13.0. The third kappa shape index (κ3) is 3.89. The number of anilines is 1. The highest BCUT2D eigenvalue weighted by Crippen LogP contribution is 2.29. The van der Waals surface area contributed by atoms with Crippen molar-refractivity contribution in [3.8, 4) is 0 Å². The van der Waals surface area contributed by atoms with Gasteiger partial charge in [0.05, 0.1) is 11.6 Å². The molecule has 0 bridgehead atoms. The minimum atomic E-state index is -0.367. The van der Waals surface area contributed by atoms with E-state index in [0.717, 1.165) is 22.5 Å². The number of rotatable bonds is 3. The van der Waals surface area contributed by atoms with E-state index in [9.17, 15) is 4.79 Å². The van der Waals surface area contributed by atoms with Crippen LogP contribution in [0.3, 0.4) is 0 Å². The van der Waals surface area contributed by atoms with Gasteiger partial charge in [-0.05, 0) is 73.9 Å². The topological polar surface area (TPSA) is 53.2 Å². The van der Waals surface area contributed by atoms with E-state index < -0.39 is 0 Å². The summed E-state index contributed by atoms with van der Waals surface area (Å²) >= 11 is 11.4. The molecule has 1 unspecified atom stereocenters. The molecule has 1 aliphatic heterocycles. The summed E-state index contributed by atoms with van der Waals surface area (Å²) in [7, 11) is 0. The van der Waals surface area contributed by atoms with Crippen LogP contribution >= 0.6 is 23.8 Å². The smallest absolute Gasteiger partial charge is 0.255 e. The summed E-state index contributed by atoms with van der Waals surface area (Å²) in [5.74, 6) is -0.182. The van der Waals surface area contributed by atoms with Crippen LogP contribution in [-0.4, -0.2) is 11.0 Å². The Balaban J connectivity index is 1.95. The van der Waals surface area contributed by atoms with Crippen LogP contribution < -0.4 is 16.0 Å². The fourth-order valence-electron chi connectivity index (χ4n) is 2.95. The molecular formula is C20H20ClN3OS. The zero-order valence-corrected chi connectivity index (χ0v) is 16.4. The Bertz CT molecular complexity index is 923. The lowest BCUT2D eigenvalue weighted by molar-refractivity contribution is -0.113. The Hall–Kier alpha value is -2.37. The number of amides is 1. The molecule has 1 amide bonds. The van der Waals surface area contributed by atoms with Crippen LogP contribution in [0.25, 0.3) is 0 Å². The lowest BCUT2D eigenvalue weighted by Crippen LogP contribution is -2.45. The Morgan fingerprint density at radius 2 is 1.88 bits per heavy atom. The monoisotopic (exact) mass is 385 g/mol. The van der Waals surface area contributed by atoms with Gasteiger partial charge in [-0.3, -0.25) is 4.79 Å². The van der Waals surface area contributed by atoms with Gasteiger partial charge in [0.2, 0.25) is 0 Å². The van der Waals surface area contributed by atoms with Gasteiger partial charge in [0.15, 0.2) is 5.11 Å². The van der Waals surface area contributed by atoms with Crippen molar-refractivity contribution in [1.29, 1.82) is 0 Å². The van der Waals surface area contributed by atoms with Gasteiger partial charge in [-0.15, -0.1) is 0 Å². The van der Waals surface area contributed by atoms with Gasteiger partial charge >= 0.3 is 0 Å². The number of carbonyl (C=O) groups is 1. The Morgan fingerprint density at radius 1 is 1.12 bits per heavy atom. The van der Waals surface area contributed by atoms with Crippen LogP contribution in [0.2, 0.25) is 5.02 Å². The minimum absolute atomic E-state index is 0.182. The molecule has 2 aromatic carbocycles. The average Bonchev–Trinajstić information content (AvgIpc) is 2.57. The summed E-state index contributed by atoms with van der Waals surface area (Å²) in [6, 6.07) is 12.9. The molecule has 0 fully saturated rings. The van der Waals surface area contributed by atoms with Gasteiger partial charge in [0.25, 0.3) is 5.91 Å². The van der Waals surface area contributed by atoms with Gasteiger partial charge in [-0.25, -0.2) is 0 Å². The molecule has 3 N–H and O–H groups in total. The van der Waals surface area contributed by atoms with E-state index in [0.29, 0.717) is 15.7 Å². The van der Waals surface area contributed by atoms with Crippen molar-refractivity contribution in [1.82, 2.24) is 10.6 Å². The fourth-order valence-corrected chi connectivity index (χ4v) is 3.42. The van der Waals surface area contributed by atoms with Gasteiger partial charge in [0, 0.05) is 16.4 Å². The van der Waals surface area contributed by atoms with Crippen molar-refractivity contribution in [3.05, 3.63) is 75.4 Å². The number of halogens is 1. The lowest BCUT2D eigenvalue weighted by Gasteiger charge is -2.30. The minimum Gasteiger partial charge on any atom is -0.351 e. The third-order valence-corrected chi connectivity index (χ3v) is 4.92. The molecule has 1 atom stereocenters. The first-order chi connectivity index (χ1) is 12.3. The van der Waals surface area contributed by atoms with Crippen molar-refractivity contribution >= 4 is 40.5 Å². The molecule has 0 saturated heterocycles. The zero-order valence-electron chi connectivity index (χ0n) is 14.8. The van der Waals surface area contributed by atoms with E-state index in [1.807, 2.05) is 57.2 Å². The zero-order chi connectivity index (χ0) is 18.8. The number of thiocarbonyl (C=S) groups is 1. The molecule has 0 spiro atoms. The molecule has 1 heterocycles. The third-order valence-electron chi connectivity index (χ3n) is 4.46. The number of nitrogens with one attached hydrogen (secondary N) is 3. The number of hydrogen-bond donors (Lipinski definition) is 3. The van der Waals surface area contributed by atoms with Crippen LogP contribution in [0.5, 0.6) is 0 Å².